The Morgan fingerprint density at radius 2 is 1.81 bits per heavy atom. The summed E-state index contributed by atoms with van der Waals surface area (Å²) in [7, 11) is 0. The molecule has 1 aromatic carbocycles. The van der Waals surface area contributed by atoms with Crippen LogP contribution >= 0.6 is 0 Å². The maximum absolute atomic E-state index is 12.3. The van der Waals surface area contributed by atoms with E-state index in [1.54, 1.807) is 0 Å². The molecule has 0 amide bonds. The van der Waals surface area contributed by atoms with Gasteiger partial charge in [0.15, 0.2) is 0 Å². The van der Waals surface area contributed by atoms with Crippen molar-refractivity contribution >= 4 is 17.5 Å². The molecule has 1 aliphatic heterocycles. The van der Waals surface area contributed by atoms with E-state index in [2.05, 4.69) is 9.97 Å². The number of hydrogen-bond acceptors (Lipinski definition) is 8. The molecule has 10 nitrogen and oxygen atoms in total. The maximum atomic E-state index is 12.3. The first kappa shape index (κ1) is 17.1. The van der Waals surface area contributed by atoms with Gasteiger partial charge in [0.25, 0.3) is 0 Å². The van der Waals surface area contributed by atoms with Crippen molar-refractivity contribution in [2.24, 2.45) is 0 Å². The van der Waals surface area contributed by atoms with Crippen LogP contribution in [0.4, 0.5) is 5.69 Å². The number of benzene rings is 2. The van der Waals surface area contributed by atoms with Gasteiger partial charge in [0.05, 0.1) is 17.1 Å². The molecule has 1 aliphatic carbocycles. The molecule has 0 radical (unpaired) electrons. The van der Waals surface area contributed by atoms with Crippen LogP contribution in [0, 0.1) is 10.4 Å². The molecule has 0 atom stereocenters. The van der Waals surface area contributed by atoms with Crippen molar-refractivity contribution in [3.63, 3.8) is 0 Å². The highest BCUT2D eigenvalue weighted by Crippen LogP contribution is 2.24. The van der Waals surface area contributed by atoms with E-state index in [0.29, 0.717) is 5.69 Å². The van der Waals surface area contributed by atoms with E-state index in [0.717, 1.165) is 6.08 Å². The standard InChI is InChI=1S/C16H13N4O6/c21-15(9-1-3-10(4-2-9)19(23)24)8-14-16(22)18-13-7-11(20(25)26)5-6-12(13)17-14/h1-8,18,23-24H,(H2-,17,21,22,25,26)/q-1/p-1/b15-8-. The normalized spacial score (nSPS) is 11.5. The molecule has 1 heterocycles. The highest BCUT2D eigenvalue weighted by Gasteiger charge is 2.10. The average molecular weight is 356 g/mol. The number of rotatable bonds is 3. The summed E-state index contributed by atoms with van der Waals surface area (Å²) >= 11 is 0. The average Bonchev–Trinajstić information content (AvgIpc) is 2.61. The van der Waals surface area contributed by atoms with Crippen LogP contribution in [-0.2, 0) is 0 Å². The van der Waals surface area contributed by atoms with Gasteiger partial charge in [0, 0.05) is 12.1 Å². The second-order valence-corrected chi connectivity index (χ2v) is 5.27. The summed E-state index contributed by atoms with van der Waals surface area (Å²) in [6, 6.07) is 9.27. The Morgan fingerprint density at radius 1 is 1.12 bits per heavy atom. The van der Waals surface area contributed by atoms with Crippen LogP contribution in [0.3, 0.4) is 0 Å². The van der Waals surface area contributed by atoms with Gasteiger partial charge in [-0.15, -0.1) is 5.23 Å². The van der Waals surface area contributed by atoms with Crippen LogP contribution in [0.1, 0.15) is 11.3 Å². The van der Waals surface area contributed by atoms with E-state index in [1.807, 2.05) is 0 Å². The lowest BCUT2D eigenvalue weighted by molar-refractivity contribution is -0.242. The number of H-pyrrole nitrogens is 1. The molecule has 0 fully saturated rings. The van der Waals surface area contributed by atoms with Crippen LogP contribution in [0.5, 0.6) is 5.88 Å². The molecule has 0 spiro atoms. The third kappa shape index (κ3) is 3.36. The molecule has 0 saturated carbocycles. The minimum absolute atomic E-state index is 0.0358. The number of aromatic nitrogens is 2. The number of nitrogens with one attached hydrogen (secondary N) is 1. The lowest BCUT2D eigenvalue weighted by atomic mass is 10.1. The van der Waals surface area contributed by atoms with E-state index in [-0.39, 0.29) is 33.2 Å². The second kappa shape index (κ2) is 6.63. The first-order valence-corrected chi connectivity index (χ1v) is 7.22. The van der Waals surface area contributed by atoms with Crippen molar-refractivity contribution in [1.82, 2.24) is 14.9 Å². The lowest BCUT2D eigenvalue weighted by Crippen LogP contribution is -2.18. The lowest BCUT2D eigenvalue weighted by Gasteiger charge is -2.15. The molecule has 10 heteroatoms. The Hall–Kier alpha value is -3.76. The first-order valence-electron chi connectivity index (χ1n) is 7.22. The molecular formula is C16H12N4O6-2. The van der Waals surface area contributed by atoms with Crippen LogP contribution in [0.2, 0.25) is 0 Å². The van der Waals surface area contributed by atoms with Gasteiger partial charge in [-0.25, -0.2) is 4.98 Å². The Balaban J connectivity index is 2.01. The summed E-state index contributed by atoms with van der Waals surface area (Å²) in [6.07, 6.45) is 1.09. The van der Waals surface area contributed by atoms with Crippen molar-refractivity contribution in [2.75, 3.05) is 5.23 Å². The van der Waals surface area contributed by atoms with E-state index < -0.39 is 16.5 Å². The smallest absolute Gasteiger partial charge is 0.224 e. The third-order valence-electron chi connectivity index (χ3n) is 3.58. The number of hydrogen-bond donors (Lipinski definition) is 4. The van der Waals surface area contributed by atoms with Crippen molar-refractivity contribution in [3.8, 4) is 17.3 Å². The summed E-state index contributed by atoms with van der Waals surface area (Å²) in [4.78, 5) is 6.11. The van der Waals surface area contributed by atoms with Crippen LogP contribution in [0.25, 0.3) is 23.2 Å². The topological polar surface area (TPSA) is 165 Å². The molecule has 134 valence electrons. The van der Waals surface area contributed by atoms with Gasteiger partial charge in [-0.2, -0.15) is 4.90 Å². The van der Waals surface area contributed by atoms with Crippen molar-refractivity contribution in [2.45, 2.75) is 0 Å². The van der Waals surface area contributed by atoms with Crippen molar-refractivity contribution in [3.05, 3.63) is 69.5 Å². The van der Waals surface area contributed by atoms with Gasteiger partial charge in [-0.3, -0.25) is 10.4 Å². The first-order chi connectivity index (χ1) is 12.3. The van der Waals surface area contributed by atoms with Gasteiger partial charge in [-0.05, 0) is 29.8 Å². The summed E-state index contributed by atoms with van der Waals surface area (Å²) in [6.45, 7) is 0. The molecule has 0 aromatic heterocycles. The highest BCUT2D eigenvalue weighted by molar-refractivity contribution is 5.77. The van der Waals surface area contributed by atoms with Crippen LogP contribution in [0.15, 0.2) is 42.5 Å². The number of anilines is 1. The molecule has 4 N–H and O–H groups in total. The zero-order chi connectivity index (χ0) is 18.8. The number of nitrogens with zero attached hydrogens (tertiary/aromatic N) is 3. The van der Waals surface area contributed by atoms with E-state index in [4.69, 9.17) is 10.4 Å². The third-order valence-corrected chi connectivity index (χ3v) is 3.58. The molecule has 0 unspecified atom stereocenters. The number of aromatic hydroxyl groups is 1. The summed E-state index contributed by atoms with van der Waals surface area (Å²) in [5.74, 6) is -0.892. The van der Waals surface area contributed by atoms with Gasteiger partial charge in [0.2, 0.25) is 11.2 Å². The fourth-order valence-corrected chi connectivity index (χ4v) is 2.28. The molecule has 2 aliphatic rings. The molecule has 0 bridgehead atoms. The molecule has 26 heavy (non-hydrogen) atoms. The summed E-state index contributed by atoms with van der Waals surface area (Å²) in [5, 5.41) is 61.4. The molecule has 0 saturated heterocycles. The fourth-order valence-electron chi connectivity index (χ4n) is 2.28. The Morgan fingerprint density at radius 3 is 2.42 bits per heavy atom. The predicted molar refractivity (Wildman–Crippen MR) is 89.2 cm³/mol. The Kier molecular flexibility index (Phi) is 4.35. The van der Waals surface area contributed by atoms with Gasteiger partial charge in [0.1, 0.15) is 5.69 Å². The monoisotopic (exact) mass is 356 g/mol. The quantitative estimate of drug-likeness (QED) is 0.387. The molecular weight excluding hydrogens is 344 g/mol. The van der Waals surface area contributed by atoms with Crippen LogP contribution < -0.4 is 20.6 Å². The van der Waals surface area contributed by atoms with Crippen LogP contribution in [-0.4, -0.2) is 25.5 Å². The molecule has 3 rings (SSSR count). The Bertz CT molecular complexity index is 1010. The maximum Gasteiger partial charge on any atom is 0.224 e. The van der Waals surface area contributed by atoms with Gasteiger partial charge in [-0.1, -0.05) is 17.9 Å². The van der Waals surface area contributed by atoms with E-state index >= 15 is 0 Å². The predicted octanol–water partition coefficient (Wildman–Crippen LogP) is 0.431. The number of fused-ring (bicyclic) bond motifs is 1. The van der Waals surface area contributed by atoms with Gasteiger partial charge >= 0.3 is 0 Å². The van der Waals surface area contributed by atoms with E-state index in [1.165, 1.54) is 42.5 Å². The summed E-state index contributed by atoms with van der Waals surface area (Å²) < 4.78 is 0. The minimum atomic E-state index is -0.572. The zero-order valence-corrected chi connectivity index (χ0v) is 13.0. The second-order valence-electron chi connectivity index (χ2n) is 5.27. The SMILES string of the molecule is [O-]/C(=C\c1nc2ccc(=[N+]([O-])[O-])cc-2[nH]c1O)c1ccc(N(O)O)cc1. The Labute approximate surface area is 145 Å². The number of aromatic amines is 1. The fraction of sp³-hybridized carbons (Fsp3) is 0. The van der Waals surface area contributed by atoms with E-state index in [9.17, 15) is 20.6 Å². The summed E-state index contributed by atoms with van der Waals surface area (Å²) in [5.41, 5.74) is 0.853. The highest BCUT2D eigenvalue weighted by atomic mass is 16.8. The van der Waals surface area contributed by atoms with Gasteiger partial charge < -0.3 is 25.6 Å². The largest absolute Gasteiger partial charge is 0.872 e. The zero-order valence-electron chi connectivity index (χ0n) is 13.0. The van der Waals surface area contributed by atoms with Crippen molar-refractivity contribution in [1.29, 1.82) is 0 Å². The minimum Gasteiger partial charge on any atom is -0.872 e. The molecule has 1 aromatic rings. The van der Waals surface area contributed by atoms with Crippen molar-refractivity contribution < 1.29 is 20.6 Å².